The van der Waals surface area contributed by atoms with Crippen molar-refractivity contribution < 1.29 is 46.8 Å². The summed E-state index contributed by atoms with van der Waals surface area (Å²) in [5, 5.41) is 27.5. The number of esters is 1. The van der Waals surface area contributed by atoms with Crippen LogP contribution >= 0.6 is 0 Å². The lowest BCUT2D eigenvalue weighted by molar-refractivity contribution is -0.164. The molecule has 0 aromatic carbocycles. The van der Waals surface area contributed by atoms with Crippen molar-refractivity contribution in [1.82, 2.24) is 6.15 Å². The molecule has 0 rings (SSSR count). The van der Waals surface area contributed by atoms with E-state index in [-0.39, 0.29) is 12.4 Å². The molecule has 0 saturated heterocycles. The average Bonchev–Trinajstić information content (AvgIpc) is 2.29. The highest BCUT2D eigenvalue weighted by Crippen LogP contribution is 2.13. The predicted octanol–water partition coefficient (Wildman–Crippen LogP) is -2.82. The molecule has 0 aromatic heterocycles. The summed E-state index contributed by atoms with van der Waals surface area (Å²) in [6.07, 6.45) is -8.04. The topological polar surface area (TPSA) is 203 Å². The summed E-state index contributed by atoms with van der Waals surface area (Å²) in [5.41, 5.74) is 0. The normalized spacial score (nSPS) is 17.2. The number of aldehydes is 1. The van der Waals surface area contributed by atoms with Crippen LogP contribution in [-0.4, -0.2) is 71.6 Å². The van der Waals surface area contributed by atoms with Crippen LogP contribution in [0.15, 0.2) is 0 Å². The molecule has 120 valence electrons. The van der Waals surface area contributed by atoms with Gasteiger partial charge in [-0.3, -0.25) is 14.1 Å². The second kappa shape index (κ2) is 8.91. The van der Waals surface area contributed by atoms with Gasteiger partial charge < -0.3 is 26.2 Å². The first-order valence-electron chi connectivity index (χ1n) is 4.87. The molecule has 0 amide bonds. The van der Waals surface area contributed by atoms with Gasteiger partial charge in [0.1, 0.15) is 18.3 Å². The summed E-state index contributed by atoms with van der Waals surface area (Å²) in [4.78, 5) is 21.3. The summed E-state index contributed by atoms with van der Waals surface area (Å²) < 4.78 is 37.8. The molecule has 20 heavy (non-hydrogen) atoms. The quantitative estimate of drug-likeness (QED) is 0.175. The zero-order valence-corrected chi connectivity index (χ0v) is 11.3. The van der Waals surface area contributed by atoms with E-state index in [0.29, 0.717) is 0 Å². The minimum absolute atomic E-state index is 0. The Morgan fingerprint density at radius 2 is 1.85 bits per heavy atom. The molecule has 0 aliphatic rings. The molecule has 0 aliphatic heterocycles. The summed E-state index contributed by atoms with van der Waals surface area (Å²) >= 11 is 0. The maximum Gasteiger partial charge on any atom is 0.397 e. The predicted molar refractivity (Wildman–Crippen MR) is 62.2 cm³/mol. The highest BCUT2D eigenvalue weighted by Gasteiger charge is 2.38. The fraction of sp³-hybridized carbons (Fsp3) is 0.750. The number of carbonyl (C=O) groups excluding carboxylic acids is 2. The molecule has 0 aromatic rings. The van der Waals surface area contributed by atoms with E-state index in [2.05, 4.69) is 8.92 Å². The van der Waals surface area contributed by atoms with E-state index in [0.717, 1.165) is 6.92 Å². The van der Waals surface area contributed by atoms with E-state index in [4.69, 9.17) is 9.66 Å². The van der Waals surface area contributed by atoms with Gasteiger partial charge in [-0.15, -0.1) is 0 Å². The van der Waals surface area contributed by atoms with Crippen LogP contribution in [0, 0.1) is 0 Å². The fourth-order valence-corrected chi connectivity index (χ4v) is 1.67. The van der Waals surface area contributed by atoms with Crippen molar-refractivity contribution in [2.45, 2.75) is 31.3 Å². The van der Waals surface area contributed by atoms with Crippen LogP contribution in [0.1, 0.15) is 6.92 Å². The number of hydrogen-bond acceptors (Lipinski definition) is 10. The van der Waals surface area contributed by atoms with Crippen molar-refractivity contribution in [3.05, 3.63) is 0 Å². The van der Waals surface area contributed by atoms with Crippen molar-refractivity contribution >= 4 is 22.7 Å². The average molecular weight is 319 g/mol. The highest BCUT2D eigenvalue weighted by atomic mass is 32.3. The largest absolute Gasteiger partial charge is 0.452 e. The molecule has 7 N–H and O–H groups in total. The fourth-order valence-electron chi connectivity index (χ4n) is 1.15. The van der Waals surface area contributed by atoms with E-state index < -0.39 is 47.4 Å². The molecule has 12 heteroatoms. The maximum absolute atomic E-state index is 10.7. The molecule has 0 fully saturated rings. The molecule has 0 radical (unpaired) electrons. The van der Waals surface area contributed by atoms with E-state index in [1.165, 1.54) is 0 Å². The Kier molecular flexibility index (Phi) is 9.42. The Morgan fingerprint density at radius 1 is 1.35 bits per heavy atom. The third-order valence-electron chi connectivity index (χ3n) is 1.91. The second-order valence-corrected chi connectivity index (χ2v) is 4.49. The standard InChI is InChI=1S/C8H14O10S.H3N/c1-4(11)17-6(3-10)7(13)8(5(12)2-9)18-19(14,15)16;/h3,5-9,12-13H,2H2,1H3,(H,14,15,16);1H3/t5-,6+,7-,8+;/m1./s1. The van der Waals surface area contributed by atoms with Gasteiger partial charge in [0.2, 0.25) is 0 Å². The molecular formula is C8H17NO10S. The molecule has 0 heterocycles. The van der Waals surface area contributed by atoms with Crippen molar-refractivity contribution in [2.75, 3.05) is 6.61 Å². The Balaban J connectivity index is 0. The molecule has 4 atom stereocenters. The minimum Gasteiger partial charge on any atom is -0.452 e. The zero-order chi connectivity index (χ0) is 15.2. The van der Waals surface area contributed by atoms with Gasteiger partial charge >= 0.3 is 16.4 Å². The first-order chi connectivity index (χ1) is 8.62. The number of rotatable bonds is 8. The second-order valence-electron chi connectivity index (χ2n) is 3.44. The molecule has 0 bridgehead atoms. The lowest BCUT2D eigenvalue weighted by Crippen LogP contribution is -2.50. The Labute approximate surface area is 114 Å². The molecule has 0 aliphatic carbocycles. The first kappa shape index (κ1) is 21.2. The number of aliphatic hydroxyl groups excluding tert-OH is 3. The Bertz CT molecular complexity index is 409. The molecule has 0 unspecified atom stereocenters. The Hall–Kier alpha value is -1.15. The van der Waals surface area contributed by atoms with E-state index in [9.17, 15) is 28.2 Å². The smallest absolute Gasteiger partial charge is 0.397 e. The lowest BCUT2D eigenvalue weighted by Gasteiger charge is -2.27. The third-order valence-corrected chi connectivity index (χ3v) is 2.37. The van der Waals surface area contributed by atoms with Crippen molar-refractivity contribution in [3.8, 4) is 0 Å². The van der Waals surface area contributed by atoms with Gasteiger partial charge in [-0.05, 0) is 0 Å². The van der Waals surface area contributed by atoms with Crippen LogP contribution in [0.3, 0.4) is 0 Å². The van der Waals surface area contributed by atoms with Gasteiger partial charge in [-0.25, -0.2) is 4.18 Å². The van der Waals surface area contributed by atoms with Crippen molar-refractivity contribution in [3.63, 3.8) is 0 Å². The van der Waals surface area contributed by atoms with Crippen molar-refractivity contribution in [1.29, 1.82) is 0 Å². The number of hydrogen-bond donors (Lipinski definition) is 5. The Morgan fingerprint density at radius 3 is 2.15 bits per heavy atom. The summed E-state index contributed by atoms with van der Waals surface area (Å²) in [5.74, 6) is -0.958. The van der Waals surface area contributed by atoms with Gasteiger partial charge in [-0.1, -0.05) is 0 Å². The van der Waals surface area contributed by atoms with E-state index in [1.54, 1.807) is 0 Å². The van der Waals surface area contributed by atoms with E-state index in [1.807, 2.05) is 0 Å². The number of ether oxygens (including phenoxy) is 1. The monoisotopic (exact) mass is 319 g/mol. The SMILES string of the molecule is CC(=O)O[C@@H](C=O)[C@@H](O)[C@@H](OS(=O)(=O)O)[C@H](O)CO.N. The first-order valence-corrected chi connectivity index (χ1v) is 6.24. The molecular weight excluding hydrogens is 302 g/mol. The van der Waals surface area contributed by atoms with Crippen LogP contribution in [0.25, 0.3) is 0 Å². The maximum atomic E-state index is 10.7. The molecule has 0 saturated carbocycles. The van der Waals surface area contributed by atoms with Crippen LogP contribution in [0.4, 0.5) is 0 Å². The van der Waals surface area contributed by atoms with Crippen LogP contribution in [-0.2, 0) is 28.9 Å². The van der Waals surface area contributed by atoms with Gasteiger partial charge in [0, 0.05) is 6.92 Å². The van der Waals surface area contributed by atoms with E-state index >= 15 is 0 Å². The summed E-state index contributed by atoms with van der Waals surface area (Å²) in [6, 6.07) is 0. The van der Waals surface area contributed by atoms with Gasteiger partial charge in [0.15, 0.2) is 12.4 Å². The minimum atomic E-state index is -5.08. The van der Waals surface area contributed by atoms with Crippen LogP contribution in [0.5, 0.6) is 0 Å². The zero-order valence-electron chi connectivity index (χ0n) is 10.4. The van der Waals surface area contributed by atoms with Gasteiger partial charge in [0.25, 0.3) is 0 Å². The third kappa shape index (κ3) is 7.44. The lowest BCUT2D eigenvalue weighted by atomic mass is 10.0. The van der Waals surface area contributed by atoms with Gasteiger partial charge in [0.05, 0.1) is 6.61 Å². The summed E-state index contributed by atoms with van der Waals surface area (Å²) in [6.45, 7) is -0.118. The van der Waals surface area contributed by atoms with Gasteiger partial charge in [-0.2, -0.15) is 8.42 Å². The molecule has 0 spiro atoms. The highest BCUT2D eigenvalue weighted by molar-refractivity contribution is 7.80. The number of carbonyl (C=O) groups is 2. The number of aliphatic hydroxyl groups is 3. The summed E-state index contributed by atoms with van der Waals surface area (Å²) in [7, 11) is -5.08. The van der Waals surface area contributed by atoms with Crippen LogP contribution < -0.4 is 6.15 Å². The molecule has 11 nitrogen and oxygen atoms in total. The van der Waals surface area contributed by atoms with Crippen LogP contribution in [0.2, 0.25) is 0 Å². The van der Waals surface area contributed by atoms with Crippen molar-refractivity contribution in [2.24, 2.45) is 0 Å².